The van der Waals surface area contributed by atoms with Gasteiger partial charge in [0.15, 0.2) is 0 Å². The van der Waals surface area contributed by atoms with Crippen molar-refractivity contribution in [2.45, 2.75) is 39.3 Å². The Morgan fingerprint density at radius 1 is 0.700 bits per heavy atom. The number of rotatable bonds is 2. The van der Waals surface area contributed by atoms with Gasteiger partial charge in [0.05, 0.1) is 0 Å². The second-order valence-corrected chi connectivity index (χ2v) is 14.6. The van der Waals surface area contributed by atoms with Crippen molar-refractivity contribution in [1.82, 2.24) is 4.65 Å². The smallest absolute Gasteiger partial charge is 0.360 e. The summed E-state index contributed by atoms with van der Waals surface area (Å²) in [4.78, 5) is 0. The van der Waals surface area contributed by atoms with E-state index in [1.165, 1.54) is 0 Å². The van der Waals surface area contributed by atoms with Crippen LogP contribution in [0.5, 0.6) is 0 Å². The summed E-state index contributed by atoms with van der Waals surface area (Å²) in [6, 6.07) is 0. The minimum Gasteiger partial charge on any atom is -0.360 e. The Kier molecular flexibility index (Phi) is 5.51. The van der Waals surface area contributed by atoms with E-state index < -0.39 is 16.5 Å². The maximum atomic E-state index is 3.74. The molecule has 0 aromatic rings. The van der Waals surface area contributed by atoms with Crippen LogP contribution in [-0.4, -0.2) is 16.5 Å². The van der Waals surface area contributed by atoms with Gasteiger partial charge in [-0.2, -0.15) is 0 Å². The van der Waals surface area contributed by atoms with Crippen LogP contribution < -0.4 is 4.65 Å². The zero-order chi connectivity index (χ0) is 7.71. The van der Waals surface area contributed by atoms with Crippen LogP contribution in [0.4, 0.5) is 0 Å². The van der Waals surface area contributed by atoms with E-state index in [4.69, 9.17) is 0 Å². The molecule has 0 aromatic carbocycles. The topological polar surface area (TPSA) is 12.0 Å². The predicted molar refractivity (Wildman–Crippen MR) is 49.8 cm³/mol. The third kappa shape index (κ3) is 11.7. The van der Waals surface area contributed by atoms with Gasteiger partial charge in [0, 0.05) is 0 Å². The summed E-state index contributed by atoms with van der Waals surface area (Å²) in [5.41, 5.74) is 0. The Morgan fingerprint density at radius 2 is 0.900 bits per heavy atom. The number of hydrogen-bond acceptors (Lipinski definition) is 1. The quantitative estimate of drug-likeness (QED) is 0.694. The molecule has 0 rings (SSSR count). The van der Waals surface area contributed by atoms with Crippen molar-refractivity contribution in [2.75, 3.05) is 0 Å². The van der Waals surface area contributed by atoms with Gasteiger partial charge in [-0.1, -0.05) is 39.3 Å². The van der Waals surface area contributed by atoms with E-state index in [2.05, 4.69) is 43.9 Å². The van der Waals surface area contributed by atoms with Gasteiger partial charge < -0.3 is 4.65 Å². The fourth-order valence-corrected chi connectivity index (χ4v) is 10.1. The molecule has 0 saturated carbocycles. The fourth-order valence-electron chi connectivity index (χ4n) is 1.12. The van der Waals surface area contributed by atoms with E-state index in [0.717, 1.165) is 0 Å². The van der Waals surface area contributed by atoms with E-state index in [9.17, 15) is 0 Å². The molecule has 0 aliphatic rings. The van der Waals surface area contributed by atoms with Crippen molar-refractivity contribution in [2.24, 2.45) is 0 Å². The molecular formula is C6H19CrNSi2+3. The predicted octanol–water partition coefficient (Wildman–Crippen LogP) is 2.24. The fraction of sp³-hybridized carbons (Fsp3) is 1.00. The second-order valence-electron chi connectivity index (χ2n) is 4.62. The molecule has 0 spiro atoms. The van der Waals surface area contributed by atoms with Crippen molar-refractivity contribution < 1.29 is 17.4 Å². The molecule has 0 amide bonds. The van der Waals surface area contributed by atoms with Crippen LogP contribution in [0, 0.1) is 0 Å². The molecule has 0 saturated heterocycles. The van der Waals surface area contributed by atoms with Crippen molar-refractivity contribution >= 4 is 16.5 Å². The van der Waals surface area contributed by atoms with Crippen LogP contribution in [-0.2, 0) is 17.4 Å². The minimum atomic E-state index is -0.981. The third-order valence-electron chi connectivity index (χ3n) is 0.750. The normalized spacial score (nSPS) is 12.6. The molecule has 4 heteroatoms. The molecule has 0 heterocycles. The van der Waals surface area contributed by atoms with E-state index in [-0.39, 0.29) is 17.4 Å². The minimum absolute atomic E-state index is 0. The summed E-state index contributed by atoms with van der Waals surface area (Å²) < 4.78 is 3.74. The summed E-state index contributed by atoms with van der Waals surface area (Å²) >= 11 is 0. The first-order chi connectivity index (χ1) is 3.71. The standard InChI is InChI=1S/C6H19NSi2.Cr/c1-8(2,3)7-9(4,5)6;/h7H,1-6H3;/q;+3. The summed E-state index contributed by atoms with van der Waals surface area (Å²) in [5, 5.41) is 0. The zero-order valence-electron chi connectivity index (χ0n) is 7.91. The van der Waals surface area contributed by atoms with Crippen molar-refractivity contribution in [1.29, 1.82) is 0 Å². The molecule has 0 bridgehead atoms. The third-order valence-corrected chi connectivity index (χ3v) is 6.75. The van der Waals surface area contributed by atoms with Gasteiger partial charge in [-0.05, 0) is 0 Å². The van der Waals surface area contributed by atoms with Crippen molar-refractivity contribution in [3.63, 3.8) is 0 Å². The molecule has 59 valence electrons. The van der Waals surface area contributed by atoms with E-state index in [1.807, 2.05) is 0 Å². The molecule has 0 aliphatic carbocycles. The summed E-state index contributed by atoms with van der Waals surface area (Å²) in [6.45, 7) is 14.1. The molecule has 1 nitrogen and oxygen atoms in total. The monoisotopic (exact) mass is 213 g/mol. The van der Waals surface area contributed by atoms with E-state index >= 15 is 0 Å². The van der Waals surface area contributed by atoms with Crippen LogP contribution in [0.15, 0.2) is 0 Å². The number of nitrogens with one attached hydrogen (secondary N) is 1. The average molecular weight is 213 g/mol. The molecule has 0 atom stereocenters. The maximum Gasteiger partial charge on any atom is 3.00 e. The Balaban J connectivity index is 0. The second kappa shape index (κ2) is 4.08. The Morgan fingerprint density at radius 3 is 0.900 bits per heavy atom. The largest absolute Gasteiger partial charge is 3.00 e. The first-order valence-corrected chi connectivity index (χ1v) is 10.5. The van der Waals surface area contributed by atoms with Crippen LogP contribution in [0.3, 0.4) is 0 Å². The van der Waals surface area contributed by atoms with E-state index in [1.54, 1.807) is 0 Å². The Labute approximate surface area is 77.9 Å². The van der Waals surface area contributed by atoms with Crippen LogP contribution in [0.25, 0.3) is 0 Å². The first-order valence-electron chi connectivity index (χ1n) is 3.50. The molecule has 10 heavy (non-hydrogen) atoms. The SMILES string of the molecule is C[Si](C)(C)N[Si](C)(C)C.[Cr+3]. The van der Waals surface area contributed by atoms with Crippen molar-refractivity contribution in [3.05, 3.63) is 0 Å². The molecular weight excluding hydrogens is 194 g/mol. The Hall–Kier alpha value is 0.926. The molecule has 0 aromatic heterocycles. The molecule has 0 unspecified atom stereocenters. The van der Waals surface area contributed by atoms with Gasteiger partial charge in [-0.25, -0.2) is 0 Å². The molecule has 0 aliphatic heterocycles. The van der Waals surface area contributed by atoms with Crippen LogP contribution >= 0.6 is 0 Å². The summed E-state index contributed by atoms with van der Waals surface area (Å²) in [6.07, 6.45) is 0. The Bertz CT molecular complexity index is 80.9. The van der Waals surface area contributed by atoms with Gasteiger partial charge in [0.25, 0.3) is 0 Å². The van der Waals surface area contributed by atoms with Gasteiger partial charge >= 0.3 is 17.4 Å². The van der Waals surface area contributed by atoms with E-state index in [0.29, 0.717) is 0 Å². The van der Waals surface area contributed by atoms with Gasteiger partial charge in [0.2, 0.25) is 0 Å². The maximum absolute atomic E-state index is 3.74. The number of hydrogen-bond donors (Lipinski definition) is 1. The summed E-state index contributed by atoms with van der Waals surface area (Å²) in [5.74, 6) is 0. The van der Waals surface area contributed by atoms with Crippen molar-refractivity contribution in [3.8, 4) is 0 Å². The molecule has 1 radical (unpaired) electrons. The molecule has 1 N–H and O–H groups in total. The molecule has 0 fully saturated rings. The van der Waals surface area contributed by atoms with Gasteiger partial charge in [-0.15, -0.1) is 0 Å². The van der Waals surface area contributed by atoms with Gasteiger partial charge in [0.1, 0.15) is 16.5 Å². The van der Waals surface area contributed by atoms with Gasteiger partial charge in [-0.3, -0.25) is 0 Å². The summed E-state index contributed by atoms with van der Waals surface area (Å²) in [7, 11) is -1.96. The average Bonchev–Trinajstić information content (AvgIpc) is 1.14. The zero-order valence-corrected chi connectivity index (χ0v) is 11.2. The van der Waals surface area contributed by atoms with Crippen LogP contribution in [0.2, 0.25) is 39.3 Å². The first kappa shape index (κ1) is 13.5. The van der Waals surface area contributed by atoms with Crippen LogP contribution in [0.1, 0.15) is 0 Å².